The van der Waals surface area contributed by atoms with Crippen LogP contribution in [0, 0.1) is 0 Å². The fraction of sp³-hybridized carbons (Fsp3) is 0.500. The summed E-state index contributed by atoms with van der Waals surface area (Å²) >= 11 is 0. The predicted octanol–water partition coefficient (Wildman–Crippen LogP) is -0.170. The Hall–Kier alpha value is -1.36. The van der Waals surface area contributed by atoms with Gasteiger partial charge in [0.2, 0.25) is 0 Å². The van der Waals surface area contributed by atoms with Gasteiger partial charge in [-0.25, -0.2) is 4.98 Å². The van der Waals surface area contributed by atoms with E-state index in [1.165, 1.54) is 0 Å². The van der Waals surface area contributed by atoms with Crippen LogP contribution in [-0.2, 0) is 17.9 Å². The maximum absolute atomic E-state index is 10.7. The van der Waals surface area contributed by atoms with Gasteiger partial charge in [-0.1, -0.05) is 0 Å². The predicted molar refractivity (Wildman–Crippen MR) is 45.1 cm³/mol. The molecule has 2 N–H and O–H groups in total. The first-order valence-corrected chi connectivity index (χ1v) is 4.23. The van der Waals surface area contributed by atoms with Crippen molar-refractivity contribution in [1.29, 1.82) is 0 Å². The minimum Gasteiger partial charge on any atom is -0.480 e. The number of hydrogen-bond donors (Lipinski definition) is 2. The summed E-state index contributed by atoms with van der Waals surface area (Å²) in [5, 5.41) is 11.7. The fourth-order valence-corrected chi connectivity index (χ4v) is 1.51. The molecule has 1 aromatic heterocycles. The molecule has 1 aliphatic heterocycles. The van der Waals surface area contributed by atoms with Gasteiger partial charge < -0.3 is 9.67 Å². The van der Waals surface area contributed by atoms with Gasteiger partial charge >= 0.3 is 5.97 Å². The van der Waals surface area contributed by atoms with Crippen molar-refractivity contribution in [3.63, 3.8) is 0 Å². The molecule has 0 saturated carbocycles. The van der Waals surface area contributed by atoms with Crippen molar-refractivity contribution in [2.75, 3.05) is 0 Å². The van der Waals surface area contributed by atoms with Gasteiger partial charge in [0.05, 0.1) is 6.54 Å². The van der Waals surface area contributed by atoms with Crippen LogP contribution in [0.25, 0.3) is 0 Å². The van der Waals surface area contributed by atoms with Crippen LogP contribution in [0.15, 0.2) is 12.4 Å². The van der Waals surface area contributed by atoms with Crippen molar-refractivity contribution in [2.24, 2.45) is 0 Å². The molecule has 0 amide bonds. The maximum atomic E-state index is 10.7. The summed E-state index contributed by atoms with van der Waals surface area (Å²) in [6, 6.07) is -0.443. The number of carbonyl (C=O) groups is 1. The molecule has 5 heteroatoms. The average molecular weight is 181 g/mol. The van der Waals surface area contributed by atoms with Crippen LogP contribution >= 0.6 is 0 Å². The largest absolute Gasteiger partial charge is 0.480 e. The fourth-order valence-electron chi connectivity index (χ4n) is 1.51. The first-order valence-electron chi connectivity index (χ1n) is 4.23. The third kappa shape index (κ3) is 1.55. The van der Waals surface area contributed by atoms with Crippen molar-refractivity contribution in [3.8, 4) is 0 Å². The molecule has 2 rings (SSSR count). The Labute approximate surface area is 75.4 Å². The third-order valence-corrected chi connectivity index (χ3v) is 2.27. The van der Waals surface area contributed by atoms with Crippen LogP contribution in [0.1, 0.15) is 12.2 Å². The summed E-state index contributed by atoms with van der Waals surface area (Å²) in [6.45, 7) is 1.25. The molecule has 1 aromatic rings. The SMILES string of the molecule is O=C(O)C1CCn2ccnc2CN1. The lowest BCUT2D eigenvalue weighted by atomic mass is 10.2. The van der Waals surface area contributed by atoms with Gasteiger partial charge in [-0.05, 0) is 6.42 Å². The quantitative estimate of drug-likeness (QED) is 0.631. The Morgan fingerprint density at radius 3 is 3.38 bits per heavy atom. The molecule has 2 heterocycles. The number of carboxylic acid groups (broad SMARTS) is 1. The first-order chi connectivity index (χ1) is 6.27. The van der Waals surface area contributed by atoms with E-state index in [0.717, 1.165) is 12.4 Å². The first kappa shape index (κ1) is 8.25. The number of rotatable bonds is 1. The van der Waals surface area contributed by atoms with E-state index < -0.39 is 12.0 Å². The molecule has 0 aromatic carbocycles. The van der Waals surface area contributed by atoms with Crippen LogP contribution in [0.5, 0.6) is 0 Å². The minimum absolute atomic E-state index is 0.443. The molecule has 0 bridgehead atoms. The summed E-state index contributed by atoms with van der Waals surface area (Å²) < 4.78 is 1.98. The molecule has 0 spiro atoms. The number of aryl methyl sites for hydroxylation is 1. The summed E-state index contributed by atoms with van der Waals surface area (Å²) in [6.07, 6.45) is 4.22. The van der Waals surface area contributed by atoms with Gasteiger partial charge in [0, 0.05) is 18.9 Å². The van der Waals surface area contributed by atoms with Gasteiger partial charge in [0.25, 0.3) is 0 Å². The van der Waals surface area contributed by atoms with Gasteiger partial charge in [-0.3, -0.25) is 10.1 Å². The Morgan fingerprint density at radius 1 is 1.77 bits per heavy atom. The van der Waals surface area contributed by atoms with Gasteiger partial charge in [-0.15, -0.1) is 0 Å². The van der Waals surface area contributed by atoms with Crippen molar-refractivity contribution in [3.05, 3.63) is 18.2 Å². The number of nitrogens with zero attached hydrogens (tertiary/aromatic N) is 2. The molecule has 0 saturated heterocycles. The standard InChI is InChI=1S/C8H11N3O2/c12-8(13)6-1-3-11-4-2-9-7(11)5-10-6/h2,4,6,10H,1,3,5H2,(H,12,13). The van der Waals surface area contributed by atoms with Crippen molar-refractivity contribution in [2.45, 2.75) is 25.6 Å². The molecule has 1 aliphatic rings. The highest BCUT2D eigenvalue weighted by atomic mass is 16.4. The lowest BCUT2D eigenvalue weighted by Gasteiger charge is -2.08. The topological polar surface area (TPSA) is 67.1 Å². The normalized spacial score (nSPS) is 22.0. The average Bonchev–Trinajstić information content (AvgIpc) is 2.44. The summed E-state index contributed by atoms with van der Waals surface area (Å²) in [4.78, 5) is 14.8. The Morgan fingerprint density at radius 2 is 2.62 bits per heavy atom. The van der Waals surface area contributed by atoms with E-state index in [4.69, 9.17) is 5.11 Å². The molecule has 0 radical (unpaired) electrons. The molecule has 0 fully saturated rings. The summed E-state index contributed by atoms with van der Waals surface area (Å²) in [5.41, 5.74) is 0. The van der Waals surface area contributed by atoms with E-state index in [-0.39, 0.29) is 0 Å². The van der Waals surface area contributed by atoms with Crippen molar-refractivity contribution in [1.82, 2.24) is 14.9 Å². The van der Waals surface area contributed by atoms with Gasteiger partial charge in [-0.2, -0.15) is 0 Å². The molecular weight excluding hydrogens is 170 g/mol. The Kier molecular flexibility index (Phi) is 2.02. The second-order valence-corrected chi connectivity index (χ2v) is 3.10. The van der Waals surface area contributed by atoms with E-state index in [9.17, 15) is 4.79 Å². The maximum Gasteiger partial charge on any atom is 0.320 e. The number of aromatic nitrogens is 2. The number of aliphatic carboxylic acids is 1. The zero-order valence-electron chi connectivity index (χ0n) is 7.10. The third-order valence-electron chi connectivity index (χ3n) is 2.27. The zero-order valence-corrected chi connectivity index (χ0v) is 7.10. The molecule has 0 aliphatic carbocycles. The highest BCUT2D eigenvalue weighted by Gasteiger charge is 2.20. The molecule has 13 heavy (non-hydrogen) atoms. The number of hydrogen-bond acceptors (Lipinski definition) is 3. The monoisotopic (exact) mass is 181 g/mol. The van der Waals surface area contributed by atoms with Gasteiger partial charge in [0.1, 0.15) is 11.9 Å². The highest BCUT2D eigenvalue weighted by Crippen LogP contribution is 2.07. The van der Waals surface area contributed by atoms with Crippen LogP contribution in [-0.4, -0.2) is 26.7 Å². The van der Waals surface area contributed by atoms with Crippen molar-refractivity contribution >= 4 is 5.97 Å². The number of nitrogens with one attached hydrogen (secondary N) is 1. The summed E-state index contributed by atoms with van der Waals surface area (Å²) in [5.74, 6) is 0.120. The lowest BCUT2D eigenvalue weighted by Crippen LogP contribution is -2.35. The molecule has 1 atom stereocenters. The van der Waals surface area contributed by atoms with Crippen LogP contribution < -0.4 is 5.32 Å². The second kappa shape index (κ2) is 3.18. The molecular formula is C8H11N3O2. The molecule has 5 nitrogen and oxygen atoms in total. The van der Waals surface area contributed by atoms with Crippen LogP contribution in [0.3, 0.4) is 0 Å². The lowest BCUT2D eigenvalue weighted by molar-refractivity contribution is -0.139. The van der Waals surface area contributed by atoms with E-state index in [2.05, 4.69) is 10.3 Å². The second-order valence-electron chi connectivity index (χ2n) is 3.10. The summed E-state index contributed by atoms with van der Waals surface area (Å²) in [7, 11) is 0. The minimum atomic E-state index is -0.786. The van der Waals surface area contributed by atoms with Crippen LogP contribution in [0.2, 0.25) is 0 Å². The molecule has 70 valence electrons. The zero-order chi connectivity index (χ0) is 9.26. The number of fused-ring (bicyclic) bond motifs is 1. The Balaban J connectivity index is 2.12. The number of carboxylic acids is 1. The van der Waals surface area contributed by atoms with E-state index in [1.807, 2.05) is 10.8 Å². The van der Waals surface area contributed by atoms with E-state index >= 15 is 0 Å². The highest BCUT2D eigenvalue weighted by molar-refractivity contribution is 5.73. The van der Waals surface area contributed by atoms with Crippen molar-refractivity contribution < 1.29 is 9.90 Å². The Bertz CT molecular complexity index is 298. The molecule has 1 unspecified atom stereocenters. The smallest absolute Gasteiger partial charge is 0.320 e. The number of imidazole rings is 1. The van der Waals surface area contributed by atoms with E-state index in [1.54, 1.807) is 6.20 Å². The van der Waals surface area contributed by atoms with Gasteiger partial charge in [0.15, 0.2) is 0 Å². The van der Waals surface area contributed by atoms with E-state index in [0.29, 0.717) is 13.0 Å². The van der Waals surface area contributed by atoms with Crippen LogP contribution in [0.4, 0.5) is 0 Å².